The van der Waals surface area contributed by atoms with Crippen LogP contribution in [0.4, 0.5) is 5.69 Å². The largest absolute Gasteiger partial charge is 0.365 e. The number of aromatic nitrogens is 1. The Morgan fingerprint density at radius 1 is 1.06 bits per heavy atom. The summed E-state index contributed by atoms with van der Waals surface area (Å²) in [6, 6.07) is 15.2. The molecule has 1 spiro atoms. The summed E-state index contributed by atoms with van der Waals surface area (Å²) >= 11 is 0. The van der Waals surface area contributed by atoms with Gasteiger partial charge in [-0.3, -0.25) is 4.79 Å². The Balaban J connectivity index is 1.24. The molecule has 5 rings (SSSR count). The summed E-state index contributed by atoms with van der Waals surface area (Å²) in [5.41, 5.74) is 2.23. The summed E-state index contributed by atoms with van der Waals surface area (Å²) in [6.07, 6.45) is 4.30. The van der Waals surface area contributed by atoms with Gasteiger partial charge in [0.1, 0.15) is 10.6 Å². The van der Waals surface area contributed by atoms with E-state index in [2.05, 4.69) is 32.9 Å². The van der Waals surface area contributed by atoms with Gasteiger partial charge in [0.05, 0.1) is 5.69 Å². The molecule has 1 saturated heterocycles. The summed E-state index contributed by atoms with van der Waals surface area (Å²) < 4.78 is 30.3. The molecule has 1 amide bonds. The van der Waals surface area contributed by atoms with E-state index in [0.717, 1.165) is 0 Å². The maximum Gasteiger partial charge on any atom is 0.244 e. The molecule has 162 valence electrons. The number of rotatable bonds is 3. The zero-order valence-corrected chi connectivity index (χ0v) is 18.3. The number of hydrogen-bond donors (Lipinski definition) is 2. The average molecular weight is 439 g/mol. The third-order valence-electron chi connectivity index (χ3n) is 6.44. The maximum absolute atomic E-state index is 12.9. The van der Waals surface area contributed by atoms with Gasteiger partial charge in [0.15, 0.2) is 0 Å². The summed E-state index contributed by atoms with van der Waals surface area (Å²) in [5.74, 6) is 0.113. The molecule has 1 aromatic heterocycles. The van der Waals surface area contributed by atoms with E-state index in [1.165, 1.54) is 16.5 Å². The Morgan fingerprint density at radius 3 is 2.58 bits per heavy atom. The first-order chi connectivity index (χ1) is 14.9. The van der Waals surface area contributed by atoms with E-state index in [1.54, 1.807) is 18.2 Å². The van der Waals surface area contributed by atoms with E-state index in [-0.39, 0.29) is 10.8 Å². The molecule has 3 heterocycles. The minimum Gasteiger partial charge on any atom is -0.365 e. The number of aryl methyl sites for hydroxylation is 2. The molecule has 0 unspecified atom stereocenters. The van der Waals surface area contributed by atoms with Crippen LogP contribution in [-0.4, -0.2) is 42.5 Å². The van der Waals surface area contributed by atoms with Crippen molar-refractivity contribution >= 4 is 32.5 Å². The fraction of sp³-hybridized carbons (Fsp3) is 0.348. The first-order valence-electron chi connectivity index (χ1n) is 10.6. The topological polar surface area (TPSA) is 83.4 Å². The fourth-order valence-electron chi connectivity index (χ4n) is 4.79. The van der Waals surface area contributed by atoms with Crippen molar-refractivity contribution < 1.29 is 13.2 Å². The first kappa shape index (κ1) is 20.1. The summed E-state index contributed by atoms with van der Waals surface area (Å²) in [5, 5.41) is 4.57. The molecule has 2 aromatic carbocycles. The number of nitrogens with one attached hydrogen (secondary N) is 2. The number of likely N-dealkylation sites (tertiary alicyclic amines) is 1. The van der Waals surface area contributed by atoms with Crippen molar-refractivity contribution in [2.24, 2.45) is 7.05 Å². The predicted octanol–water partition coefficient (Wildman–Crippen LogP) is 2.83. The smallest absolute Gasteiger partial charge is 0.244 e. The summed E-state index contributed by atoms with van der Waals surface area (Å²) in [7, 11) is -1.55. The molecule has 2 N–H and O–H groups in total. The van der Waals surface area contributed by atoms with Crippen molar-refractivity contribution in [2.75, 3.05) is 18.4 Å². The Hall–Kier alpha value is -2.84. The van der Waals surface area contributed by atoms with E-state index in [9.17, 15) is 13.2 Å². The van der Waals surface area contributed by atoms with Gasteiger partial charge in [-0.25, -0.2) is 8.42 Å². The molecular weight excluding hydrogens is 412 g/mol. The molecule has 0 bridgehead atoms. The molecule has 2 aliphatic heterocycles. The van der Waals surface area contributed by atoms with E-state index in [4.69, 9.17) is 0 Å². The van der Waals surface area contributed by atoms with Gasteiger partial charge in [-0.15, -0.1) is 0 Å². The number of fused-ring (bicyclic) bond motifs is 2. The molecule has 1 fully saturated rings. The first-order valence-corrected chi connectivity index (χ1v) is 12.1. The second-order valence-corrected chi connectivity index (χ2v) is 10.1. The van der Waals surface area contributed by atoms with Gasteiger partial charge in [-0.2, -0.15) is 4.72 Å². The van der Waals surface area contributed by atoms with Gasteiger partial charge in [0, 0.05) is 56.5 Å². The van der Waals surface area contributed by atoms with E-state index in [0.29, 0.717) is 44.5 Å². The molecule has 2 aliphatic rings. The Bertz CT molecular complexity index is 1260. The summed E-state index contributed by atoms with van der Waals surface area (Å²) in [6.45, 7) is 1.04. The number of anilines is 1. The second kappa shape index (κ2) is 7.39. The van der Waals surface area contributed by atoms with Crippen molar-refractivity contribution in [1.29, 1.82) is 0 Å². The highest BCUT2D eigenvalue weighted by Gasteiger charge is 2.43. The van der Waals surface area contributed by atoms with E-state index >= 15 is 0 Å². The van der Waals surface area contributed by atoms with Crippen molar-refractivity contribution in [1.82, 2.24) is 14.2 Å². The molecule has 0 saturated carbocycles. The van der Waals surface area contributed by atoms with E-state index in [1.807, 2.05) is 30.1 Å². The van der Waals surface area contributed by atoms with Crippen LogP contribution in [0.2, 0.25) is 0 Å². The normalized spacial score (nSPS) is 19.2. The van der Waals surface area contributed by atoms with Crippen LogP contribution in [0.25, 0.3) is 10.9 Å². The molecule has 8 heteroatoms. The summed E-state index contributed by atoms with van der Waals surface area (Å²) in [4.78, 5) is 15.0. The van der Waals surface area contributed by atoms with Crippen molar-refractivity contribution in [3.05, 3.63) is 60.3 Å². The van der Waals surface area contributed by atoms with Gasteiger partial charge in [0.25, 0.3) is 0 Å². The molecule has 0 radical (unpaired) electrons. The minimum absolute atomic E-state index is 0.113. The molecule has 0 atom stereocenters. The minimum atomic E-state index is -3.57. The van der Waals surface area contributed by atoms with Crippen LogP contribution in [0.15, 0.2) is 59.6 Å². The lowest BCUT2D eigenvalue weighted by atomic mass is 9.96. The monoisotopic (exact) mass is 438 g/mol. The molecule has 7 nitrogen and oxygen atoms in total. The number of hydrogen-bond acceptors (Lipinski definition) is 4. The van der Waals surface area contributed by atoms with Crippen LogP contribution >= 0.6 is 0 Å². The zero-order valence-electron chi connectivity index (χ0n) is 17.5. The Kier molecular flexibility index (Phi) is 4.79. The number of amides is 1. The number of piperidine rings is 1. The maximum atomic E-state index is 12.9. The quantitative estimate of drug-likeness (QED) is 0.659. The molecule has 0 aliphatic carbocycles. The zero-order chi connectivity index (χ0) is 21.6. The highest BCUT2D eigenvalue weighted by Crippen LogP contribution is 2.35. The highest BCUT2D eigenvalue weighted by molar-refractivity contribution is 7.89. The van der Waals surface area contributed by atoms with Gasteiger partial charge >= 0.3 is 0 Å². The lowest BCUT2D eigenvalue weighted by Gasteiger charge is -2.45. The predicted molar refractivity (Wildman–Crippen MR) is 120 cm³/mol. The Morgan fingerprint density at radius 2 is 1.77 bits per heavy atom. The number of benzene rings is 2. The molecule has 3 aromatic rings. The number of nitrogens with zero attached hydrogens (tertiary/aromatic N) is 2. The van der Waals surface area contributed by atoms with Crippen molar-refractivity contribution in [3.8, 4) is 0 Å². The van der Waals surface area contributed by atoms with Crippen LogP contribution in [0, 0.1) is 0 Å². The molecular formula is C23H26N4O3S. The van der Waals surface area contributed by atoms with Gasteiger partial charge in [0.2, 0.25) is 15.9 Å². The fourth-order valence-corrected chi connectivity index (χ4v) is 6.33. The second-order valence-electron chi connectivity index (χ2n) is 8.47. The highest BCUT2D eigenvalue weighted by atomic mass is 32.2. The lowest BCUT2D eigenvalue weighted by Crippen LogP contribution is -2.62. The van der Waals surface area contributed by atoms with Crippen LogP contribution in [-0.2, 0) is 28.3 Å². The van der Waals surface area contributed by atoms with Crippen LogP contribution in [0.1, 0.15) is 24.8 Å². The van der Waals surface area contributed by atoms with Crippen molar-refractivity contribution in [3.63, 3.8) is 0 Å². The SMILES string of the molecule is Cn1cc(CCC(=O)N2CCC3(CC2)Nc2ccccc2S(=O)(=O)N3)c2ccccc21. The number of sulfonamides is 1. The van der Waals surface area contributed by atoms with Crippen molar-refractivity contribution in [2.45, 2.75) is 36.2 Å². The van der Waals surface area contributed by atoms with Gasteiger partial charge in [-0.05, 0) is 30.2 Å². The number of carbonyl (C=O) groups excluding carboxylic acids is 1. The van der Waals surface area contributed by atoms with Crippen LogP contribution < -0.4 is 10.0 Å². The van der Waals surface area contributed by atoms with Gasteiger partial charge < -0.3 is 14.8 Å². The lowest BCUT2D eigenvalue weighted by molar-refractivity contribution is -0.132. The average Bonchev–Trinajstić information content (AvgIpc) is 3.08. The Labute approximate surface area is 182 Å². The van der Waals surface area contributed by atoms with Crippen LogP contribution in [0.3, 0.4) is 0 Å². The number of carbonyl (C=O) groups is 1. The van der Waals surface area contributed by atoms with Gasteiger partial charge in [-0.1, -0.05) is 30.3 Å². The third-order valence-corrected chi connectivity index (χ3v) is 8.03. The van der Waals surface area contributed by atoms with Crippen LogP contribution in [0.5, 0.6) is 0 Å². The standard InChI is InChI=1S/C23H26N4O3S/c1-26-16-17(18-6-2-4-8-20(18)26)10-11-22(28)27-14-12-23(13-15-27)24-19-7-3-5-9-21(19)31(29,30)25-23/h2-9,16,24-25H,10-15H2,1H3. The third kappa shape index (κ3) is 3.59. The molecule has 31 heavy (non-hydrogen) atoms. The number of para-hydroxylation sites is 2. The van der Waals surface area contributed by atoms with E-state index < -0.39 is 15.7 Å².